The number of H-pyrrole nitrogens is 1. The maximum Gasteiger partial charge on any atom is 0.309 e. The minimum atomic E-state index is -1.04. The van der Waals surface area contributed by atoms with Gasteiger partial charge in [0.2, 0.25) is 0 Å². The number of aromatic amines is 1. The molecule has 0 bridgehead atoms. The molecule has 0 aromatic carbocycles. The van der Waals surface area contributed by atoms with E-state index in [4.69, 9.17) is 5.73 Å². The number of carboxylic acids is 1. The van der Waals surface area contributed by atoms with Crippen LogP contribution in [0.4, 0.5) is 0 Å². The van der Waals surface area contributed by atoms with Crippen LogP contribution in [-0.2, 0) is 17.6 Å². The average molecular weight is 768 g/mol. The van der Waals surface area contributed by atoms with Crippen LogP contribution >= 0.6 is 0 Å². The van der Waals surface area contributed by atoms with Crippen LogP contribution in [0.25, 0.3) is 0 Å². The summed E-state index contributed by atoms with van der Waals surface area (Å²) in [6, 6.07) is 2.28. The lowest BCUT2D eigenvalue weighted by molar-refractivity contribution is -0.146. The van der Waals surface area contributed by atoms with Gasteiger partial charge >= 0.3 is 5.97 Å². The molecule has 0 radical (unpaired) electrons. The number of dihydropyridines is 1. The van der Waals surface area contributed by atoms with E-state index in [1.807, 2.05) is 6.08 Å². The van der Waals surface area contributed by atoms with E-state index in [2.05, 4.69) is 62.3 Å². The number of carbonyl (C=O) groups is 1. The lowest BCUT2D eigenvalue weighted by Crippen LogP contribution is -2.37. The first-order valence-corrected chi connectivity index (χ1v) is 22.0. The van der Waals surface area contributed by atoms with Crippen molar-refractivity contribution >= 4 is 5.97 Å². The first-order chi connectivity index (χ1) is 26.3. The summed E-state index contributed by atoms with van der Waals surface area (Å²) in [7, 11) is 0. The number of hydrogen-bond acceptors (Lipinski definition) is 7. The van der Waals surface area contributed by atoms with Crippen LogP contribution in [0.2, 0.25) is 0 Å². The second kappa shape index (κ2) is 22.4. The number of allylic oxidation sites excluding steroid dienone is 3. The molecule has 1 aromatic heterocycles. The van der Waals surface area contributed by atoms with Gasteiger partial charge in [-0.2, -0.15) is 0 Å². The van der Waals surface area contributed by atoms with Crippen molar-refractivity contribution in [2.24, 2.45) is 41.2 Å². The molecule has 3 aliphatic rings. The number of aliphatic hydroxyl groups is 4. The number of aromatic nitrogens is 1. The first kappa shape index (κ1) is 45.1. The Balaban J connectivity index is 1.37. The second-order valence-corrected chi connectivity index (χ2v) is 18.2. The topological polar surface area (TPSA) is 172 Å². The Kier molecular flexibility index (Phi) is 18.4. The van der Waals surface area contributed by atoms with Crippen molar-refractivity contribution in [3.05, 3.63) is 58.7 Å². The summed E-state index contributed by atoms with van der Waals surface area (Å²) < 4.78 is 0. The summed E-state index contributed by atoms with van der Waals surface area (Å²) in [5, 5.41) is 57.4. The number of hydrogen-bond donors (Lipinski definition) is 8. The largest absolute Gasteiger partial charge is 0.481 e. The first-order valence-electron chi connectivity index (χ1n) is 22.0. The quantitative estimate of drug-likeness (QED) is 0.0365. The third-order valence-electron chi connectivity index (χ3n) is 13.0. The molecular weight excluding hydrogens is 691 g/mol. The molecule has 1 saturated carbocycles. The highest BCUT2D eigenvalue weighted by atomic mass is 16.4. The maximum absolute atomic E-state index is 12.4. The number of aliphatic hydroxyl groups excluding tert-OH is 3. The fraction of sp³-hybridized carbons (Fsp3) is 0.761. The Morgan fingerprint density at radius 1 is 1.02 bits per heavy atom. The molecule has 9 heteroatoms. The van der Waals surface area contributed by atoms with Gasteiger partial charge in [0.05, 0.1) is 29.5 Å². The van der Waals surface area contributed by atoms with Gasteiger partial charge < -0.3 is 41.6 Å². The van der Waals surface area contributed by atoms with E-state index in [1.54, 1.807) is 0 Å². The summed E-state index contributed by atoms with van der Waals surface area (Å²) in [5.41, 5.74) is 9.79. The molecule has 9 nitrogen and oxygen atoms in total. The van der Waals surface area contributed by atoms with E-state index in [0.29, 0.717) is 68.6 Å². The van der Waals surface area contributed by atoms with Crippen molar-refractivity contribution in [1.29, 1.82) is 0 Å². The zero-order valence-corrected chi connectivity index (χ0v) is 34.7. The highest BCUT2D eigenvalue weighted by Gasteiger charge is 2.46. The molecule has 1 fully saturated rings. The molecule has 4 rings (SSSR count). The van der Waals surface area contributed by atoms with Gasteiger partial charge in [-0.25, -0.2) is 0 Å². The van der Waals surface area contributed by atoms with Crippen LogP contribution < -0.4 is 11.1 Å². The van der Waals surface area contributed by atoms with Gasteiger partial charge in [0.25, 0.3) is 0 Å². The Morgan fingerprint density at radius 3 is 2.49 bits per heavy atom. The summed E-state index contributed by atoms with van der Waals surface area (Å²) in [5.74, 6) is 0.574. The van der Waals surface area contributed by atoms with Gasteiger partial charge in [0.15, 0.2) is 0 Å². The molecule has 2 aliphatic carbocycles. The van der Waals surface area contributed by atoms with Gasteiger partial charge in [0, 0.05) is 30.5 Å². The average Bonchev–Trinajstić information content (AvgIpc) is 3.67. The van der Waals surface area contributed by atoms with E-state index >= 15 is 0 Å². The van der Waals surface area contributed by atoms with Crippen LogP contribution in [0, 0.1) is 35.5 Å². The number of aryl methyl sites for hydroxylation is 1. The number of nitrogens with two attached hydrogens (primary N) is 1. The highest BCUT2D eigenvalue weighted by Crippen LogP contribution is 2.47. The van der Waals surface area contributed by atoms with E-state index in [0.717, 1.165) is 63.5 Å². The van der Waals surface area contributed by atoms with E-state index < -0.39 is 23.6 Å². The summed E-state index contributed by atoms with van der Waals surface area (Å²) >= 11 is 0. The molecule has 1 aromatic rings. The molecule has 312 valence electrons. The van der Waals surface area contributed by atoms with Gasteiger partial charge in [0.1, 0.15) is 0 Å². The van der Waals surface area contributed by atoms with Gasteiger partial charge in [-0.3, -0.25) is 4.79 Å². The van der Waals surface area contributed by atoms with E-state index in [9.17, 15) is 30.3 Å². The fourth-order valence-electron chi connectivity index (χ4n) is 10.0. The zero-order chi connectivity index (χ0) is 40.0. The van der Waals surface area contributed by atoms with Crippen molar-refractivity contribution < 1.29 is 30.3 Å². The molecule has 0 spiro atoms. The second-order valence-electron chi connectivity index (χ2n) is 18.2. The number of rotatable bonds is 25. The lowest BCUT2D eigenvalue weighted by atomic mass is 9.80. The Labute approximate surface area is 332 Å². The Morgan fingerprint density at radius 2 is 1.80 bits per heavy atom. The number of carboxylic acid groups (broad SMARTS) is 1. The maximum atomic E-state index is 12.4. The van der Waals surface area contributed by atoms with E-state index in [-0.39, 0.29) is 36.9 Å². The van der Waals surface area contributed by atoms with Crippen molar-refractivity contribution in [2.75, 3.05) is 13.2 Å². The van der Waals surface area contributed by atoms with Crippen molar-refractivity contribution in [2.45, 2.75) is 173 Å². The minimum Gasteiger partial charge on any atom is -0.481 e. The summed E-state index contributed by atoms with van der Waals surface area (Å²) in [4.78, 5) is 16.1. The van der Waals surface area contributed by atoms with Gasteiger partial charge in [-0.05, 0) is 136 Å². The van der Waals surface area contributed by atoms with Crippen molar-refractivity contribution in [1.82, 2.24) is 10.3 Å². The predicted octanol–water partition coefficient (Wildman–Crippen LogP) is 8.03. The molecule has 55 heavy (non-hydrogen) atoms. The Hall–Kier alpha value is -2.59. The summed E-state index contributed by atoms with van der Waals surface area (Å²) in [6.45, 7) is 9.80. The highest BCUT2D eigenvalue weighted by molar-refractivity contribution is 5.70. The van der Waals surface area contributed by atoms with Crippen LogP contribution in [0.3, 0.4) is 0 Å². The van der Waals surface area contributed by atoms with E-state index in [1.165, 1.54) is 36.1 Å². The molecular formula is C46H77N3O6. The van der Waals surface area contributed by atoms with Gasteiger partial charge in [-0.15, -0.1) is 0 Å². The molecule has 1 aliphatic heterocycles. The van der Waals surface area contributed by atoms with Crippen LogP contribution in [0.5, 0.6) is 0 Å². The standard InChI is InChI=1S/C46H77N3O6/c1-5-6-8-12-33-16-17-36(43(52)26-33)13-9-7-10-14-39(45(53)54)42(51)18-20-46(55)30-35(24-34-19-21-48-44(47)27-34)25-37(46)28-38-29-40(32(4)23-31(2)3)41(49-38)15-11-22-50/h16-17,19,27,29,31-33,35-37,39,42-43,48-52,55H,5-15,18,20-26,28,30,47H2,1-4H3,(H,53,54)/t32-,33-,35-,36-,37+,39+,42-,43-,46+/m1/s1. The number of nitrogens with one attached hydrogen (secondary N) is 2. The van der Waals surface area contributed by atoms with Crippen LogP contribution in [-0.4, -0.2) is 67.4 Å². The predicted molar refractivity (Wildman–Crippen MR) is 222 cm³/mol. The molecule has 9 atom stereocenters. The summed E-state index contributed by atoms with van der Waals surface area (Å²) in [6.07, 6.45) is 22.8. The number of aliphatic carboxylic acids is 1. The third-order valence-corrected chi connectivity index (χ3v) is 13.0. The monoisotopic (exact) mass is 768 g/mol. The lowest BCUT2D eigenvalue weighted by Gasteiger charge is -2.32. The normalized spacial score (nSPS) is 27.1. The van der Waals surface area contributed by atoms with Crippen LogP contribution in [0.15, 0.2) is 41.8 Å². The van der Waals surface area contributed by atoms with Crippen molar-refractivity contribution in [3.63, 3.8) is 0 Å². The Bertz CT molecular complexity index is 1400. The minimum absolute atomic E-state index is 0.0509. The molecule has 0 amide bonds. The molecule has 2 heterocycles. The molecule has 0 saturated heterocycles. The number of unbranched alkanes of at least 4 members (excludes halogenated alkanes) is 4. The van der Waals surface area contributed by atoms with Gasteiger partial charge in [-0.1, -0.05) is 84.4 Å². The van der Waals surface area contributed by atoms with Crippen molar-refractivity contribution in [3.8, 4) is 0 Å². The van der Waals surface area contributed by atoms with Crippen LogP contribution in [0.1, 0.15) is 160 Å². The molecule has 9 N–H and O–H groups in total. The zero-order valence-electron chi connectivity index (χ0n) is 34.7. The smallest absolute Gasteiger partial charge is 0.309 e. The fourth-order valence-corrected chi connectivity index (χ4v) is 10.0. The SMILES string of the molecule is CCCCC[C@@H]1C=C[C@@H](CCCCC[C@H](C(=O)O)[C@H](O)CC[C@]2(O)C[C@H](CC3=CCNC(N)=C3)C[C@H]2Cc2cc([C@H](C)CC(C)C)c(CCCO)[nH]2)[C@H](O)C1. The molecule has 0 unspecified atom stereocenters. The third kappa shape index (κ3) is 14.1.